The Bertz CT molecular complexity index is 653. The first-order valence-electron chi connectivity index (χ1n) is 10.1. The van der Waals surface area contributed by atoms with Crippen LogP contribution in [0.25, 0.3) is 0 Å². The van der Waals surface area contributed by atoms with Crippen molar-refractivity contribution in [1.29, 1.82) is 0 Å². The van der Waals surface area contributed by atoms with Gasteiger partial charge in [0.1, 0.15) is 11.6 Å². The largest absolute Gasteiger partial charge is 0.356 e. The highest BCUT2D eigenvalue weighted by Gasteiger charge is 2.07. The second-order valence-electron chi connectivity index (χ2n) is 7.07. The van der Waals surface area contributed by atoms with Gasteiger partial charge in [0.2, 0.25) is 11.8 Å². The van der Waals surface area contributed by atoms with E-state index >= 15 is 0 Å². The molecule has 0 spiro atoms. The number of aryl methyl sites for hydroxylation is 1. The summed E-state index contributed by atoms with van der Waals surface area (Å²) < 4.78 is 0. The normalized spacial score (nSPS) is 10.4. The summed E-state index contributed by atoms with van der Waals surface area (Å²) in [7, 11) is 0. The molecule has 1 rings (SSSR count). The summed E-state index contributed by atoms with van der Waals surface area (Å²) >= 11 is 0. The van der Waals surface area contributed by atoms with Crippen LogP contribution in [0.2, 0.25) is 0 Å². The number of nitrogens with one attached hydrogen (secondary N) is 2. The minimum atomic E-state index is -0.122. The highest BCUT2D eigenvalue weighted by Crippen LogP contribution is 2.12. The molecule has 0 aliphatic carbocycles. The van der Waals surface area contributed by atoms with Gasteiger partial charge in [-0.05, 0) is 43.9 Å². The Morgan fingerprint density at radius 2 is 1.54 bits per heavy atom. The molecule has 0 aromatic heterocycles. The molecule has 154 valence electrons. The lowest BCUT2D eigenvalue weighted by Crippen LogP contribution is -2.24. The molecule has 0 saturated carbocycles. The summed E-state index contributed by atoms with van der Waals surface area (Å²) in [4.78, 5) is 46.1. The van der Waals surface area contributed by atoms with Gasteiger partial charge in [-0.2, -0.15) is 0 Å². The van der Waals surface area contributed by atoms with E-state index in [9.17, 15) is 19.2 Å². The van der Waals surface area contributed by atoms with Crippen molar-refractivity contribution in [2.75, 3.05) is 11.9 Å². The summed E-state index contributed by atoms with van der Waals surface area (Å²) in [6.45, 7) is 4.23. The van der Waals surface area contributed by atoms with Crippen LogP contribution in [0.5, 0.6) is 0 Å². The van der Waals surface area contributed by atoms with Crippen molar-refractivity contribution in [3.05, 3.63) is 29.8 Å². The fraction of sp³-hybridized carbons (Fsp3) is 0.545. The average Bonchev–Trinajstić information content (AvgIpc) is 2.64. The van der Waals surface area contributed by atoms with E-state index in [1.165, 1.54) is 6.92 Å². The summed E-state index contributed by atoms with van der Waals surface area (Å²) in [5, 5.41) is 5.68. The second-order valence-corrected chi connectivity index (χ2v) is 7.07. The molecule has 0 aliphatic heterocycles. The molecular weight excluding hydrogens is 356 g/mol. The molecule has 0 atom stereocenters. The SMILES string of the molecule is CCCCCNC(=O)CCCC(=O)Nc1ccc(CCC(=O)CC(C)=O)cc1. The zero-order chi connectivity index (χ0) is 20.8. The van der Waals surface area contributed by atoms with E-state index in [1.54, 1.807) is 12.1 Å². The van der Waals surface area contributed by atoms with Crippen LogP contribution in [0.4, 0.5) is 5.69 Å². The maximum Gasteiger partial charge on any atom is 0.224 e. The molecule has 6 nitrogen and oxygen atoms in total. The molecule has 0 unspecified atom stereocenters. The molecule has 0 aliphatic rings. The van der Waals surface area contributed by atoms with Crippen LogP contribution >= 0.6 is 0 Å². The molecule has 0 radical (unpaired) electrons. The maximum absolute atomic E-state index is 12.0. The lowest BCUT2D eigenvalue weighted by Gasteiger charge is -2.07. The van der Waals surface area contributed by atoms with Gasteiger partial charge in [-0.15, -0.1) is 0 Å². The van der Waals surface area contributed by atoms with Crippen molar-refractivity contribution in [1.82, 2.24) is 5.32 Å². The molecule has 28 heavy (non-hydrogen) atoms. The number of anilines is 1. The number of amides is 2. The van der Waals surface area contributed by atoms with E-state index in [2.05, 4.69) is 17.6 Å². The second kappa shape index (κ2) is 13.6. The van der Waals surface area contributed by atoms with Gasteiger partial charge in [0.05, 0.1) is 6.42 Å². The Morgan fingerprint density at radius 1 is 0.857 bits per heavy atom. The molecule has 6 heteroatoms. The summed E-state index contributed by atoms with van der Waals surface area (Å²) in [5.74, 6) is -0.299. The fourth-order valence-corrected chi connectivity index (χ4v) is 2.73. The standard InChI is InChI=1S/C22H32N2O4/c1-3-4-5-15-23-21(27)7-6-8-22(28)24-19-12-9-18(10-13-19)11-14-20(26)16-17(2)25/h9-10,12-13H,3-8,11,14-16H2,1-2H3,(H,23,27)(H,24,28). The van der Waals surface area contributed by atoms with Crippen molar-refractivity contribution in [2.24, 2.45) is 0 Å². The quantitative estimate of drug-likeness (QED) is 0.376. The number of unbranched alkanes of at least 4 members (excludes halogenated alkanes) is 2. The zero-order valence-electron chi connectivity index (χ0n) is 17.0. The first-order valence-corrected chi connectivity index (χ1v) is 10.1. The van der Waals surface area contributed by atoms with Gasteiger partial charge in [0, 0.05) is 31.5 Å². The van der Waals surface area contributed by atoms with Gasteiger partial charge in [-0.3, -0.25) is 19.2 Å². The Morgan fingerprint density at radius 3 is 2.18 bits per heavy atom. The number of benzene rings is 1. The van der Waals surface area contributed by atoms with Gasteiger partial charge in [-0.1, -0.05) is 31.9 Å². The third-order valence-corrected chi connectivity index (χ3v) is 4.29. The van der Waals surface area contributed by atoms with Gasteiger partial charge < -0.3 is 10.6 Å². The summed E-state index contributed by atoms with van der Waals surface area (Å²) in [6.07, 6.45) is 5.29. The van der Waals surface area contributed by atoms with E-state index in [1.807, 2.05) is 12.1 Å². The molecular formula is C22H32N2O4. The topological polar surface area (TPSA) is 92.3 Å². The van der Waals surface area contributed by atoms with Crippen LogP contribution in [0.1, 0.15) is 70.8 Å². The molecule has 0 fully saturated rings. The first-order chi connectivity index (χ1) is 13.4. The third-order valence-electron chi connectivity index (χ3n) is 4.29. The van der Waals surface area contributed by atoms with Gasteiger partial charge >= 0.3 is 0 Å². The van der Waals surface area contributed by atoms with Crippen LogP contribution in [0.15, 0.2) is 24.3 Å². The Hall–Kier alpha value is -2.50. The van der Waals surface area contributed by atoms with Crippen LogP contribution in [0, 0.1) is 0 Å². The smallest absolute Gasteiger partial charge is 0.224 e. The number of Topliss-reactive ketones (excluding diaryl/α,β-unsaturated/α-hetero) is 2. The number of hydrogen-bond donors (Lipinski definition) is 2. The Kier molecular flexibility index (Phi) is 11.5. The molecule has 2 N–H and O–H groups in total. The van der Waals surface area contributed by atoms with Crippen LogP contribution < -0.4 is 10.6 Å². The number of carbonyl (C=O) groups is 4. The number of rotatable bonds is 14. The van der Waals surface area contributed by atoms with Crippen LogP contribution in [-0.4, -0.2) is 29.9 Å². The van der Waals surface area contributed by atoms with Crippen LogP contribution in [-0.2, 0) is 25.6 Å². The molecule has 0 bridgehead atoms. The van der Waals surface area contributed by atoms with E-state index in [-0.39, 0.29) is 29.8 Å². The van der Waals surface area contributed by atoms with E-state index in [4.69, 9.17) is 0 Å². The zero-order valence-corrected chi connectivity index (χ0v) is 17.0. The Labute approximate surface area is 167 Å². The molecule has 1 aromatic carbocycles. The monoisotopic (exact) mass is 388 g/mol. The van der Waals surface area contributed by atoms with E-state index < -0.39 is 0 Å². The Balaban J connectivity index is 2.24. The van der Waals surface area contributed by atoms with Gasteiger partial charge in [-0.25, -0.2) is 0 Å². The molecule has 0 heterocycles. The predicted octanol–water partition coefficient (Wildman–Crippen LogP) is 3.58. The van der Waals surface area contributed by atoms with Gasteiger partial charge in [0.15, 0.2) is 0 Å². The van der Waals surface area contributed by atoms with Crippen molar-refractivity contribution in [2.45, 2.75) is 71.6 Å². The highest BCUT2D eigenvalue weighted by atomic mass is 16.2. The van der Waals surface area contributed by atoms with Crippen molar-refractivity contribution >= 4 is 29.1 Å². The highest BCUT2D eigenvalue weighted by molar-refractivity contribution is 5.98. The lowest BCUT2D eigenvalue weighted by atomic mass is 10.0. The number of hydrogen-bond acceptors (Lipinski definition) is 4. The number of carbonyl (C=O) groups excluding carboxylic acids is 4. The van der Waals surface area contributed by atoms with Gasteiger partial charge in [0.25, 0.3) is 0 Å². The van der Waals surface area contributed by atoms with Crippen LogP contribution in [0.3, 0.4) is 0 Å². The average molecular weight is 389 g/mol. The van der Waals surface area contributed by atoms with E-state index in [0.717, 1.165) is 24.8 Å². The molecule has 2 amide bonds. The third kappa shape index (κ3) is 11.3. The maximum atomic E-state index is 12.0. The van der Waals surface area contributed by atoms with E-state index in [0.29, 0.717) is 44.3 Å². The molecule has 0 saturated heterocycles. The minimum Gasteiger partial charge on any atom is -0.356 e. The van der Waals surface area contributed by atoms with Crippen molar-refractivity contribution in [3.8, 4) is 0 Å². The minimum absolute atomic E-state index is 0.00687. The first kappa shape index (κ1) is 23.5. The summed E-state index contributed by atoms with van der Waals surface area (Å²) in [5.41, 5.74) is 1.67. The molecule has 1 aromatic rings. The predicted molar refractivity (Wildman–Crippen MR) is 110 cm³/mol. The number of ketones is 2. The lowest BCUT2D eigenvalue weighted by molar-refractivity contribution is -0.126. The van der Waals surface area contributed by atoms with Crippen molar-refractivity contribution in [3.63, 3.8) is 0 Å². The van der Waals surface area contributed by atoms with Crippen molar-refractivity contribution < 1.29 is 19.2 Å². The fourth-order valence-electron chi connectivity index (χ4n) is 2.73. The summed E-state index contributed by atoms with van der Waals surface area (Å²) in [6, 6.07) is 7.31.